The molecule has 0 amide bonds. The van der Waals surface area contributed by atoms with E-state index in [1.807, 2.05) is 18.2 Å². The van der Waals surface area contributed by atoms with Crippen LogP contribution >= 0.6 is 27.5 Å². The molecule has 1 nitrogen and oxygen atoms in total. The summed E-state index contributed by atoms with van der Waals surface area (Å²) < 4.78 is 14.3. The fraction of sp³-hybridized carbons (Fsp3) is 0.167. The quantitative estimate of drug-likeness (QED) is 0.876. The molecule has 0 spiro atoms. The average molecular weight is 303 g/mol. The molecule has 0 saturated carbocycles. The molecule has 84 valence electrons. The highest BCUT2D eigenvalue weighted by atomic mass is 79.9. The first-order chi connectivity index (χ1) is 7.65. The van der Waals surface area contributed by atoms with E-state index in [1.54, 1.807) is 6.07 Å². The van der Waals surface area contributed by atoms with E-state index < -0.39 is 0 Å². The van der Waals surface area contributed by atoms with Gasteiger partial charge in [0.05, 0.1) is 5.02 Å². The molecule has 0 unspecified atom stereocenters. The van der Waals surface area contributed by atoms with Crippen LogP contribution in [0.3, 0.4) is 0 Å². The molecule has 0 aliphatic carbocycles. The van der Waals surface area contributed by atoms with Gasteiger partial charge < -0.3 is 5.32 Å². The number of halogens is 3. The zero-order valence-electron chi connectivity index (χ0n) is 8.43. The lowest BCUT2D eigenvalue weighted by atomic mass is 10.1. The smallest absolute Gasteiger partial charge is 0.142 e. The maximum Gasteiger partial charge on any atom is 0.142 e. The third kappa shape index (κ3) is 2.86. The van der Waals surface area contributed by atoms with E-state index in [0.29, 0.717) is 6.42 Å². The zero-order valence-corrected chi connectivity index (χ0v) is 10.8. The minimum Gasteiger partial charge on any atom is -0.383 e. The number of nitrogens with one attached hydrogen (secondary N) is 1. The summed E-state index contributed by atoms with van der Waals surface area (Å²) in [6.45, 7) is 0.780. The molecule has 4 heteroatoms. The lowest BCUT2D eigenvalue weighted by Gasteiger charge is -2.14. The Kier molecular flexibility index (Phi) is 3.66. The second-order valence-electron chi connectivity index (χ2n) is 3.58. The van der Waals surface area contributed by atoms with E-state index >= 15 is 0 Å². The van der Waals surface area contributed by atoms with Crippen molar-refractivity contribution in [2.24, 2.45) is 0 Å². The molecule has 0 fully saturated rings. The molecule has 0 bridgehead atoms. The molecule has 2 rings (SSSR count). The molecule has 0 atom stereocenters. The van der Waals surface area contributed by atoms with Gasteiger partial charge in [-0.05, 0) is 29.8 Å². The van der Waals surface area contributed by atoms with E-state index in [9.17, 15) is 4.39 Å². The molecule has 1 N–H and O–H groups in total. The Morgan fingerprint density at radius 3 is 2.81 bits per heavy atom. The third-order valence-electron chi connectivity index (χ3n) is 2.33. The van der Waals surface area contributed by atoms with Crippen LogP contribution in [-0.2, 0) is 6.42 Å². The maximum atomic E-state index is 13.2. The van der Waals surface area contributed by atoms with Crippen molar-refractivity contribution in [1.29, 1.82) is 0 Å². The number of hydrogen-bond donors (Lipinski definition) is 1. The maximum absolute atomic E-state index is 13.2. The van der Waals surface area contributed by atoms with Gasteiger partial charge in [-0.3, -0.25) is 0 Å². The second-order valence-corrected chi connectivity index (χ2v) is 5.01. The van der Waals surface area contributed by atoms with Crippen molar-refractivity contribution in [2.75, 3.05) is 6.54 Å². The Balaban J connectivity index is 2.12. The van der Waals surface area contributed by atoms with Crippen LogP contribution in [0.5, 0.6) is 0 Å². The molecule has 1 aliphatic heterocycles. The Morgan fingerprint density at radius 2 is 2.19 bits per heavy atom. The predicted octanol–water partition coefficient (Wildman–Crippen LogP) is 3.79. The molecule has 1 heterocycles. The number of benzene rings is 1. The molecule has 1 aromatic carbocycles. The van der Waals surface area contributed by atoms with Crippen molar-refractivity contribution in [3.63, 3.8) is 0 Å². The Bertz CT molecular complexity index is 468. The summed E-state index contributed by atoms with van der Waals surface area (Å²) in [5.74, 6) is -0.368. The zero-order chi connectivity index (χ0) is 11.5. The van der Waals surface area contributed by atoms with Crippen LogP contribution < -0.4 is 5.32 Å². The van der Waals surface area contributed by atoms with Crippen LogP contribution in [0.15, 0.2) is 40.5 Å². The normalized spacial score (nSPS) is 15.2. The summed E-state index contributed by atoms with van der Waals surface area (Å²) in [7, 11) is 0. The molecular weight excluding hydrogens is 292 g/mol. The topological polar surface area (TPSA) is 12.0 Å². The Morgan fingerprint density at radius 1 is 1.38 bits per heavy atom. The highest BCUT2D eigenvalue weighted by Crippen LogP contribution is 2.18. The van der Waals surface area contributed by atoms with Crippen LogP contribution in [-0.4, -0.2) is 6.54 Å². The lowest BCUT2D eigenvalue weighted by molar-refractivity contribution is 0.626. The van der Waals surface area contributed by atoms with Gasteiger partial charge in [0, 0.05) is 23.1 Å². The fourth-order valence-corrected chi connectivity index (χ4v) is 1.89. The molecule has 0 saturated heterocycles. The Labute approximate surface area is 107 Å². The summed E-state index contributed by atoms with van der Waals surface area (Å²) in [6, 6.07) is 4.89. The van der Waals surface area contributed by atoms with Gasteiger partial charge in [0.2, 0.25) is 0 Å². The van der Waals surface area contributed by atoms with E-state index in [-0.39, 0.29) is 10.8 Å². The van der Waals surface area contributed by atoms with Crippen molar-refractivity contribution in [2.45, 2.75) is 6.42 Å². The first-order valence-corrected chi connectivity index (χ1v) is 6.05. The van der Waals surface area contributed by atoms with Gasteiger partial charge in [-0.15, -0.1) is 0 Å². The fourth-order valence-electron chi connectivity index (χ4n) is 1.50. The van der Waals surface area contributed by atoms with Crippen LogP contribution in [0.25, 0.3) is 0 Å². The van der Waals surface area contributed by atoms with Gasteiger partial charge in [-0.25, -0.2) is 4.39 Å². The van der Waals surface area contributed by atoms with E-state index in [0.717, 1.165) is 22.3 Å². The highest BCUT2D eigenvalue weighted by Gasteiger charge is 2.06. The number of rotatable bonds is 2. The lowest BCUT2D eigenvalue weighted by Crippen LogP contribution is -2.19. The first kappa shape index (κ1) is 11.7. The molecule has 1 aliphatic rings. The third-order valence-corrected chi connectivity index (χ3v) is 3.18. The monoisotopic (exact) mass is 301 g/mol. The van der Waals surface area contributed by atoms with E-state index in [2.05, 4.69) is 21.2 Å². The number of allylic oxidation sites excluding steroid dienone is 3. The molecular formula is C12H10BrClFN. The molecule has 0 aromatic heterocycles. The van der Waals surface area contributed by atoms with Gasteiger partial charge in [0.15, 0.2) is 0 Å². The van der Waals surface area contributed by atoms with Crippen molar-refractivity contribution < 1.29 is 4.39 Å². The standard InChI is InChI=1S/C12H10BrClFN/c13-9-2-3-10(16-7-9)5-8-1-4-11(14)12(15)6-8/h1-4,6,16H,5,7H2. The summed E-state index contributed by atoms with van der Waals surface area (Å²) >= 11 is 9.02. The largest absolute Gasteiger partial charge is 0.383 e. The molecule has 16 heavy (non-hydrogen) atoms. The number of dihydropyridines is 1. The summed E-state index contributed by atoms with van der Waals surface area (Å²) in [6.07, 6.45) is 4.67. The molecule has 0 radical (unpaired) electrons. The first-order valence-electron chi connectivity index (χ1n) is 4.88. The summed E-state index contributed by atoms with van der Waals surface area (Å²) in [5.41, 5.74) is 1.98. The van der Waals surface area contributed by atoms with Crippen molar-refractivity contribution >= 4 is 27.5 Å². The molecule has 1 aromatic rings. The van der Waals surface area contributed by atoms with E-state index in [4.69, 9.17) is 11.6 Å². The minimum absolute atomic E-state index is 0.164. The van der Waals surface area contributed by atoms with Crippen molar-refractivity contribution in [1.82, 2.24) is 5.32 Å². The summed E-state index contributed by atoms with van der Waals surface area (Å²) in [5, 5.41) is 3.41. The van der Waals surface area contributed by atoms with Crippen LogP contribution in [0.4, 0.5) is 4.39 Å². The van der Waals surface area contributed by atoms with E-state index in [1.165, 1.54) is 6.07 Å². The Hall–Kier alpha value is -0.800. The summed E-state index contributed by atoms with van der Waals surface area (Å²) in [4.78, 5) is 0. The highest BCUT2D eigenvalue weighted by molar-refractivity contribution is 9.11. The SMILES string of the molecule is Fc1cc(CC2=CC=C(Br)CN2)ccc1Cl. The van der Waals surface area contributed by atoms with Crippen LogP contribution in [0, 0.1) is 5.82 Å². The average Bonchev–Trinajstić information content (AvgIpc) is 2.27. The van der Waals surface area contributed by atoms with Gasteiger partial charge in [0.1, 0.15) is 5.82 Å². The van der Waals surface area contributed by atoms with Crippen molar-refractivity contribution in [3.8, 4) is 0 Å². The number of hydrogen-bond acceptors (Lipinski definition) is 1. The second kappa shape index (κ2) is 5.02. The predicted molar refractivity (Wildman–Crippen MR) is 68.2 cm³/mol. The van der Waals surface area contributed by atoms with Gasteiger partial charge in [-0.2, -0.15) is 0 Å². The van der Waals surface area contributed by atoms with Gasteiger partial charge in [0.25, 0.3) is 0 Å². The van der Waals surface area contributed by atoms with Crippen LogP contribution in [0.2, 0.25) is 5.02 Å². The van der Waals surface area contributed by atoms with Crippen molar-refractivity contribution in [3.05, 3.63) is 56.9 Å². The van der Waals surface area contributed by atoms with Gasteiger partial charge in [-0.1, -0.05) is 33.6 Å². The van der Waals surface area contributed by atoms with Crippen LogP contribution in [0.1, 0.15) is 5.56 Å². The minimum atomic E-state index is -0.368. The van der Waals surface area contributed by atoms with Gasteiger partial charge >= 0.3 is 0 Å².